The number of unbranched alkanes of at least 4 members (excludes halogenated alkanes) is 3. The SMILES string of the molecule is C=C(C)[C@@H](C[C@@H](OCC)c1nc(C(=O)N[C@@H](Cc2ccc(NCCOC(C)C)cc2)CC(C)(C)C(=O)O)cs1)N(CCCCCC)C(=O)[C@@H](NC(=O)[C@H]1CCCCN1C)[C@@H](C)CC. The molecule has 6 atom stereocenters. The standard InChI is InChI=1S/C49H80N6O7S/c1-12-15-16-18-27-55(47(58)43(35(8)13-2)53-45(57)40-20-17-19-26-54(40)11)41(33(4)5)30-42(61-14-3)46-52-39(32-63-46)44(56)51-38(31-49(9,10)48(59)60)29-36-21-23-37(24-22-36)50-25-28-62-34(6)7/h21-24,32,34-35,38,40-43,50H,4,12-20,25-31H2,1-3,5-11H3,(H,51,56)(H,53,57)(H,59,60)/t35-,38-,40+,41+,42+,43-/m0/s1. The van der Waals surface area contributed by atoms with E-state index < -0.39 is 41.5 Å². The number of carboxylic acid groups (broad SMARTS) is 1. The van der Waals surface area contributed by atoms with Crippen LogP contribution in [0.3, 0.4) is 0 Å². The quantitative estimate of drug-likeness (QED) is 0.0460. The lowest BCUT2D eigenvalue weighted by molar-refractivity contribution is -0.147. The Bertz CT molecular complexity index is 1730. The van der Waals surface area contributed by atoms with Gasteiger partial charge in [0.1, 0.15) is 22.8 Å². The fraction of sp³-hybridized carbons (Fsp3) is 0.694. The molecule has 0 radical (unpaired) electrons. The van der Waals surface area contributed by atoms with Gasteiger partial charge in [-0.15, -0.1) is 11.3 Å². The number of aliphatic carboxylic acids is 1. The molecule has 0 spiro atoms. The van der Waals surface area contributed by atoms with E-state index in [9.17, 15) is 24.3 Å². The van der Waals surface area contributed by atoms with Crippen molar-refractivity contribution >= 4 is 40.7 Å². The van der Waals surface area contributed by atoms with Gasteiger partial charge in [0.25, 0.3) is 5.91 Å². The molecule has 14 heteroatoms. The van der Waals surface area contributed by atoms with Crippen LogP contribution in [-0.4, -0.2) is 114 Å². The number of benzene rings is 1. The van der Waals surface area contributed by atoms with Crippen molar-refractivity contribution in [1.82, 2.24) is 25.4 Å². The molecule has 0 aliphatic carbocycles. The maximum atomic E-state index is 14.9. The summed E-state index contributed by atoms with van der Waals surface area (Å²) in [5.74, 6) is -1.66. The van der Waals surface area contributed by atoms with Gasteiger partial charge in [0, 0.05) is 43.2 Å². The number of carbonyl (C=O) groups excluding carboxylic acids is 3. The second-order valence-corrected chi connectivity index (χ2v) is 19.3. The van der Waals surface area contributed by atoms with Crippen LogP contribution in [0.1, 0.15) is 154 Å². The number of likely N-dealkylation sites (N-methyl/N-ethyl adjacent to an activating group) is 1. The van der Waals surface area contributed by atoms with Gasteiger partial charge in [0.05, 0.1) is 30.2 Å². The van der Waals surface area contributed by atoms with Crippen LogP contribution in [0.25, 0.3) is 0 Å². The minimum absolute atomic E-state index is 0.0943. The second-order valence-electron chi connectivity index (χ2n) is 18.4. The van der Waals surface area contributed by atoms with Gasteiger partial charge >= 0.3 is 5.97 Å². The van der Waals surface area contributed by atoms with E-state index >= 15 is 0 Å². The zero-order chi connectivity index (χ0) is 46.7. The molecule has 0 bridgehead atoms. The number of carbonyl (C=O) groups is 4. The van der Waals surface area contributed by atoms with Gasteiger partial charge in [0.2, 0.25) is 11.8 Å². The summed E-state index contributed by atoms with van der Waals surface area (Å²) in [6, 6.07) is 6.04. The summed E-state index contributed by atoms with van der Waals surface area (Å²) in [7, 11) is 1.98. The van der Waals surface area contributed by atoms with Crippen LogP contribution in [0.4, 0.5) is 5.69 Å². The average Bonchev–Trinajstić information content (AvgIpc) is 3.74. The smallest absolute Gasteiger partial charge is 0.309 e. The fourth-order valence-electron chi connectivity index (χ4n) is 8.09. The number of thiazole rings is 1. The van der Waals surface area contributed by atoms with Crippen molar-refractivity contribution in [3.63, 3.8) is 0 Å². The third-order valence-corrected chi connectivity index (χ3v) is 13.1. The molecule has 3 amide bonds. The minimum atomic E-state index is -1.09. The van der Waals surface area contributed by atoms with Crippen molar-refractivity contribution in [2.24, 2.45) is 11.3 Å². The summed E-state index contributed by atoms with van der Waals surface area (Å²) in [6.45, 7) is 24.8. The lowest BCUT2D eigenvalue weighted by Crippen LogP contribution is -2.58. The molecule has 1 saturated heterocycles. The highest BCUT2D eigenvalue weighted by Gasteiger charge is 2.38. The number of piperidine rings is 1. The number of carboxylic acids is 1. The zero-order valence-corrected chi connectivity index (χ0v) is 40.9. The Morgan fingerprint density at radius 2 is 1.75 bits per heavy atom. The van der Waals surface area contributed by atoms with Gasteiger partial charge < -0.3 is 35.4 Å². The zero-order valence-electron chi connectivity index (χ0n) is 40.1. The number of hydrogen-bond donors (Lipinski definition) is 4. The molecular formula is C49H80N6O7S. The Labute approximate surface area is 382 Å². The van der Waals surface area contributed by atoms with Gasteiger partial charge in [0.15, 0.2) is 0 Å². The lowest BCUT2D eigenvalue weighted by Gasteiger charge is -2.39. The monoisotopic (exact) mass is 897 g/mol. The van der Waals surface area contributed by atoms with Gasteiger partial charge in [-0.05, 0) is 111 Å². The van der Waals surface area contributed by atoms with Crippen LogP contribution in [0, 0.1) is 11.3 Å². The van der Waals surface area contributed by atoms with Gasteiger partial charge in [-0.1, -0.05) is 77.2 Å². The number of anilines is 1. The molecule has 13 nitrogen and oxygen atoms in total. The molecule has 0 unspecified atom stereocenters. The molecule has 1 aliphatic heterocycles. The Balaban J connectivity index is 1.87. The van der Waals surface area contributed by atoms with Crippen molar-refractivity contribution in [3.8, 4) is 0 Å². The van der Waals surface area contributed by atoms with E-state index in [0.29, 0.717) is 44.2 Å². The maximum Gasteiger partial charge on any atom is 0.309 e. The van der Waals surface area contributed by atoms with Crippen LogP contribution < -0.4 is 16.0 Å². The van der Waals surface area contributed by atoms with E-state index in [1.54, 1.807) is 19.2 Å². The highest BCUT2D eigenvalue weighted by Crippen LogP contribution is 2.32. The molecule has 3 rings (SSSR count). The van der Waals surface area contributed by atoms with E-state index in [1.807, 2.05) is 77.8 Å². The third-order valence-electron chi connectivity index (χ3n) is 12.2. The first-order chi connectivity index (χ1) is 29.9. The van der Waals surface area contributed by atoms with Crippen LogP contribution in [0.2, 0.25) is 0 Å². The lowest BCUT2D eigenvalue weighted by atomic mass is 9.84. The number of likely N-dealkylation sites (tertiary alicyclic amines) is 1. The van der Waals surface area contributed by atoms with Crippen LogP contribution in [0.5, 0.6) is 0 Å². The van der Waals surface area contributed by atoms with Crippen molar-refractivity contribution in [2.75, 3.05) is 45.2 Å². The Hall–Kier alpha value is -3.85. The van der Waals surface area contributed by atoms with E-state index in [0.717, 1.165) is 74.7 Å². The molecule has 1 aromatic heterocycles. The van der Waals surface area contributed by atoms with Crippen LogP contribution >= 0.6 is 11.3 Å². The summed E-state index contributed by atoms with van der Waals surface area (Å²) >= 11 is 1.32. The highest BCUT2D eigenvalue weighted by atomic mass is 32.1. The molecule has 354 valence electrons. The Morgan fingerprint density at radius 3 is 2.35 bits per heavy atom. The second kappa shape index (κ2) is 26.8. The van der Waals surface area contributed by atoms with Crippen molar-refractivity contribution < 1.29 is 33.8 Å². The first-order valence-corrected chi connectivity index (χ1v) is 24.3. The predicted molar refractivity (Wildman–Crippen MR) is 254 cm³/mol. The largest absolute Gasteiger partial charge is 0.481 e. The van der Waals surface area contributed by atoms with E-state index in [4.69, 9.17) is 14.5 Å². The summed E-state index contributed by atoms with van der Waals surface area (Å²) in [4.78, 5) is 63.7. The number of hydrogen-bond acceptors (Lipinski definition) is 10. The molecule has 2 aromatic rings. The number of amides is 3. The number of aromatic nitrogens is 1. The first-order valence-electron chi connectivity index (χ1n) is 23.4. The first kappa shape index (κ1) is 53.5. The van der Waals surface area contributed by atoms with Crippen molar-refractivity contribution in [2.45, 2.75) is 169 Å². The van der Waals surface area contributed by atoms with Crippen molar-refractivity contribution in [3.05, 3.63) is 58.1 Å². The van der Waals surface area contributed by atoms with E-state index in [1.165, 1.54) is 11.3 Å². The maximum absolute atomic E-state index is 14.9. The van der Waals surface area contributed by atoms with Gasteiger partial charge in [-0.25, -0.2) is 4.98 Å². The van der Waals surface area contributed by atoms with Gasteiger partial charge in [-0.3, -0.25) is 24.1 Å². The highest BCUT2D eigenvalue weighted by molar-refractivity contribution is 7.09. The van der Waals surface area contributed by atoms with E-state index in [2.05, 4.69) is 34.4 Å². The molecule has 1 aromatic carbocycles. The molecule has 4 N–H and O–H groups in total. The number of nitrogens with zero attached hydrogens (tertiary/aromatic N) is 3. The van der Waals surface area contributed by atoms with Crippen LogP contribution in [-0.2, 0) is 30.3 Å². The number of rotatable bonds is 29. The van der Waals surface area contributed by atoms with E-state index in [-0.39, 0.29) is 42.0 Å². The number of ether oxygens (including phenoxy) is 2. The van der Waals surface area contributed by atoms with Crippen LogP contribution in [0.15, 0.2) is 41.8 Å². The topological polar surface area (TPSA) is 162 Å². The minimum Gasteiger partial charge on any atom is -0.481 e. The summed E-state index contributed by atoms with van der Waals surface area (Å²) in [5.41, 5.74) is 1.82. The molecule has 1 fully saturated rings. The fourth-order valence-corrected chi connectivity index (χ4v) is 8.95. The molecule has 0 saturated carbocycles. The summed E-state index contributed by atoms with van der Waals surface area (Å²) in [5, 5.41) is 22.0. The molecule has 2 heterocycles. The molecular weight excluding hydrogens is 817 g/mol. The Kier molecular flexibility index (Phi) is 22.8. The summed E-state index contributed by atoms with van der Waals surface area (Å²) in [6.07, 6.45) is 8.03. The average molecular weight is 897 g/mol. The third kappa shape index (κ3) is 17.2. The molecule has 63 heavy (non-hydrogen) atoms. The Morgan fingerprint density at radius 1 is 1.03 bits per heavy atom. The normalized spacial score (nSPS) is 17.0. The van der Waals surface area contributed by atoms with Gasteiger partial charge in [-0.2, -0.15) is 0 Å². The molecule has 1 aliphatic rings. The van der Waals surface area contributed by atoms with Crippen molar-refractivity contribution in [1.29, 1.82) is 0 Å². The number of nitrogens with one attached hydrogen (secondary N) is 3. The predicted octanol–water partition coefficient (Wildman–Crippen LogP) is 8.66. The summed E-state index contributed by atoms with van der Waals surface area (Å²) < 4.78 is 12.0.